The van der Waals surface area contributed by atoms with Crippen molar-refractivity contribution in [3.8, 4) is 22.4 Å². The first-order valence-corrected chi connectivity index (χ1v) is 14.0. The van der Waals surface area contributed by atoms with E-state index in [4.69, 9.17) is 4.74 Å². The van der Waals surface area contributed by atoms with E-state index < -0.39 is 18.2 Å². The van der Waals surface area contributed by atoms with Gasteiger partial charge in [0.25, 0.3) is 5.91 Å². The summed E-state index contributed by atoms with van der Waals surface area (Å²) in [7, 11) is 1.40. The Morgan fingerprint density at radius 2 is 1.48 bits per heavy atom. The average molecular weight is 666 g/mol. The van der Waals surface area contributed by atoms with Crippen molar-refractivity contribution in [3.05, 3.63) is 102 Å². The molecule has 0 unspecified atom stereocenters. The number of aliphatic carboxylic acids is 1. The Kier molecular flexibility index (Phi) is 18.8. The van der Waals surface area contributed by atoms with Crippen LogP contribution < -0.4 is 10.4 Å². The molecule has 0 radical (unpaired) electrons. The van der Waals surface area contributed by atoms with Crippen LogP contribution in [-0.2, 0) is 16.1 Å². The fourth-order valence-electron chi connectivity index (χ4n) is 5.36. The molecule has 1 aromatic heterocycles. The molecule has 1 amide bonds. The minimum absolute atomic E-state index is 0. The summed E-state index contributed by atoms with van der Waals surface area (Å²) in [4.78, 5) is 25.2. The monoisotopic (exact) mass is 665 g/mol. The van der Waals surface area contributed by atoms with Crippen LogP contribution in [0.2, 0.25) is 0 Å². The second kappa shape index (κ2) is 20.2. The third kappa shape index (κ3) is 10.7. The quantitative estimate of drug-likeness (QED) is 0.207. The summed E-state index contributed by atoms with van der Waals surface area (Å²) in [5, 5.41) is 25.1. The molecule has 0 aliphatic heterocycles. The van der Waals surface area contributed by atoms with Gasteiger partial charge < -0.3 is 46.1 Å². The molecule has 0 fully saturated rings. The van der Waals surface area contributed by atoms with Gasteiger partial charge in [0.2, 0.25) is 0 Å². The number of methoxy groups -OCH3 is 1. The summed E-state index contributed by atoms with van der Waals surface area (Å²) in [6.45, 7) is 4.33. The minimum Gasteiger partial charge on any atom is -0.550 e. The fraction of sp³-hybridized carbons (Fsp3) is 0.294. The molecule has 3 aromatic carbocycles. The normalized spacial score (nSPS) is 11.6. The number of anilines is 1. The van der Waals surface area contributed by atoms with Crippen molar-refractivity contribution < 1.29 is 45.4 Å². The number of hydrogen-bond acceptors (Lipinski definition) is 5. The molecule has 0 spiro atoms. The Morgan fingerprint density at radius 1 is 0.913 bits per heavy atom. The molecule has 0 aliphatic rings. The molecule has 10 nitrogen and oxygen atoms in total. The van der Waals surface area contributed by atoms with Crippen LogP contribution in [0.3, 0.4) is 0 Å². The number of rotatable bonds is 13. The van der Waals surface area contributed by atoms with Crippen molar-refractivity contribution in [1.29, 1.82) is 0 Å². The number of carboxylic acid groups (broad SMARTS) is 1. The number of carbonyl (C=O) groups is 2. The van der Waals surface area contributed by atoms with E-state index in [1.165, 1.54) is 19.2 Å². The van der Waals surface area contributed by atoms with Gasteiger partial charge in [0.05, 0.1) is 23.5 Å². The summed E-state index contributed by atoms with van der Waals surface area (Å²) in [6.07, 6.45) is -1.51. The number of carboxylic acids is 1. The first-order chi connectivity index (χ1) is 20.2. The number of halogens is 1. The SMILES string of the molecule is CO[C@@H](CC(=O)[O-])C[C@H](O)CCn1c(-c2ccc(F)cc2)c(-c2ccccc2)c(C(=O)Nc2ccccc2)c1C(C)C.O.O.O.[Ca+2]. The largest absolute Gasteiger partial charge is 2.00 e. The summed E-state index contributed by atoms with van der Waals surface area (Å²) < 4.78 is 21.3. The minimum atomic E-state index is -1.25. The molecule has 8 N–H and O–H groups in total. The van der Waals surface area contributed by atoms with Gasteiger partial charge >= 0.3 is 37.7 Å². The molecule has 0 saturated carbocycles. The second-order valence-electron chi connectivity index (χ2n) is 10.6. The van der Waals surface area contributed by atoms with Crippen molar-refractivity contribution in [2.75, 3.05) is 12.4 Å². The van der Waals surface area contributed by atoms with E-state index in [-0.39, 0.29) is 91.1 Å². The Hall–Kier alpha value is -3.13. The van der Waals surface area contributed by atoms with Gasteiger partial charge in [-0.1, -0.05) is 62.4 Å². The summed E-state index contributed by atoms with van der Waals surface area (Å²) in [5.74, 6) is -2.00. The first-order valence-electron chi connectivity index (χ1n) is 14.0. The predicted octanol–water partition coefficient (Wildman–Crippen LogP) is 2.78. The van der Waals surface area contributed by atoms with Gasteiger partial charge in [0.1, 0.15) is 5.82 Å². The topological polar surface area (TPSA) is 198 Å². The van der Waals surface area contributed by atoms with Gasteiger partial charge in [0.15, 0.2) is 0 Å². The third-order valence-electron chi connectivity index (χ3n) is 7.24. The van der Waals surface area contributed by atoms with Crippen LogP contribution >= 0.6 is 0 Å². The van der Waals surface area contributed by atoms with Gasteiger partial charge in [-0.3, -0.25) is 4.79 Å². The Morgan fingerprint density at radius 3 is 2.00 bits per heavy atom. The van der Waals surface area contributed by atoms with Crippen LogP contribution in [0, 0.1) is 5.82 Å². The molecule has 0 bridgehead atoms. The average Bonchev–Trinajstić information content (AvgIpc) is 3.32. The van der Waals surface area contributed by atoms with Gasteiger partial charge in [0, 0.05) is 43.0 Å². The maximum absolute atomic E-state index is 14.1. The van der Waals surface area contributed by atoms with Crippen molar-refractivity contribution >= 4 is 55.3 Å². The number of nitrogens with zero attached hydrogens (tertiary/aromatic N) is 1. The maximum atomic E-state index is 14.1. The molecule has 12 heteroatoms. The van der Waals surface area contributed by atoms with Crippen LogP contribution in [0.15, 0.2) is 84.9 Å². The van der Waals surface area contributed by atoms with Crippen LogP contribution in [0.4, 0.5) is 10.1 Å². The standard InChI is InChI=1S/C34H37FN2O5.Ca.3H2O/c1-22(2)32-31(34(41)36-26-12-8-5-9-13-26)30(23-10-6-4-7-11-23)33(24-14-16-25(35)17-15-24)37(32)19-18-27(38)20-28(42-3)21-29(39)40;;;;/h4-17,22,27-28,38H,18-21H2,1-3H3,(H,36,41)(H,39,40);;3*1H2/q;+2;;;/p-1/t27-,28-;;;;/m1..../s1. The summed E-state index contributed by atoms with van der Waals surface area (Å²) in [6, 6.07) is 25.0. The van der Waals surface area contributed by atoms with Crippen LogP contribution in [0.1, 0.15) is 55.1 Å². The van der Waals surface area contributed by atoms with Crippen LogP contribution in [-0.4, -0.2) is 95.0 Å². The fourth-order valence-corrected chi connectivity index (χ4v) is 5.36. The van der Waals surface area contributed by atoms with Crippen LogP contribution in [0.5, 0.6) is 0 Å². The Balaban J connectivity index is 0.00000506. The Bertz CT molecular complexity index is 1500. The molecule has 244 valence electrons. The second-order valence-corrected chi connectivity index (χ2v) is 10.6. The molecule has 4 aromatic rings. The smallest absolute Gasteiger partial charge is 0.550 e. The number of benzene rings is 3. The van der Waals surface area contributed by atoms with E-state index in [1.807, 2.05) is 79.1 Å². The number of amides is 1. The van der Waals surface area contributed by atoms with Crippen molar-refractivity contribution in [1.82, 2.24) is 4.57 Å². The van der Waals surface area contributed by atoms with Crippen molar-refractivity contribution in [2.45, 2.75) is 57.8 Å². The van der Waals surface area contributed by atoms with E-state index in [0.717, 1.165) is 22.5 Å². The first kappa shape index (κ1) is 42.9. The molecule has 46 heavy (non-hydrogen) atoms. The zero-order valence-corrected chi connectivity index (χ0v) is 28.5. The van der Waals surface area contributed by atoms with Gasteiger partial charge in [-0.2, -0.15) is 0 Å². The molecule has 1 heterocycles. The molecular formula is C34H42CaFN2O8+. The number of carbonyl (C=O) groups excluding carboxylic acids is 2. The van der Waals surface area contributed by atoms with E-state index >= 15 is 0 Å². The zero-order valence-electron chi connectivity index (χ0n) is 26.3. The molecular weight excluding hydrogens is 623 g/mol. The van der Waals surface area contributed by atoms with Crippen LogP contribution in [0.25, 0.3) is 22.4 Å². The third-order valence-corrected chi connectivity index (χ3v) is 7.24. The van der Waals surface area contributed by atoms with Crippen molar-refractivity contribution in [2.24, 2.45) is 0 Å². The number of para-hydroxylation sites is 1. The molecule has 0 aliphatic carbocycles. The van der Waals surface area contributed by atoms with Gasteiger partial charge in [-0.05, 0) is 66.3 Å². The number of nitrogens with one attached hydrogen (secondary N) is 1. The molecule has 0 saturated heterocycles. The van der Waals surface area contributed by atoms with E-state index in [1.54, 1.807) is 12.1 Å². The zero-order chi connectivity index (χ0) is 30.2. The van der Waals surface area contributed by atoms with E-state index in [0.29, 0.717) is 23.4 Å². The van der Waals surface area contributed by atoms with E-state index in [9.17, 15) is 24.2 Å². The summed E-state index contributed by atoms with van der Waals surface area (Å²) >= 11 is 0. The number of ether oxygens (including phenoxy) is 1. The van der Waals surface area contributed by atoms with Gasteiger partial charge in [-0.15, -0.1) is 0 Å². The number of aliphatic hydroxyl groups is 1. The number of aliphatic hydroxyl groups excluding tert-OH is 1. The molecule has 4 rings (SSSR count). The summed E-state index contributed by atoms with van der Waals surface area (Å²) in [5.41, 5.74) is 4.91. The van der Waals surface area contributed by atoms with Gasteiger partial charge in [-0.25, -0.2) is 4.39 Å². The Labute approximate surface area is 298 Å². The number of aromatic nitrogens is 1. The maximum Gasteiger partial charge on any atom is 2.00 e. The van der Waals surface area contributed by atoms with E-state index in [2.05, 4.69) is 5.32 Å². The number of hydrogen-bond donors (Lipinski definition) is 2. The van der Waals surface area contributed by atoms with Crippen molar-refractivity contribution in [3.63, 3.8) is 0 Å². The molecule has 2 atom stereocenters. The predicted molar refractivity (Wildman–Crippen MR) is 176 cm³/mol.